The smallest absolute Gasteiger partial charge is 0.373 e. The molecule has 3 rings (SSSR count). The van der Waals surface area contributed by atoms with E-state index in [-0.39, 0.29) is 22.8 Å². The fourth-order valence-corrected chi connectivity index (χ4v) is 2.84. The highest BCUT2D eigenvalue weighted by molar-refractivity contribution is 6.36. The van der Waals surface area contributed by atoms with Crippen LogP contribution in [0.3, 0.4) is 0 Å². The number of carbonyl (C=O) groups excluding carboxylic acids is 2. The molecule has 1 heterocycles. The maximum absolute atomic E-state index is 12.8. The average molecular weight is 369 g/mol. The molecule has 0 radical (unpaired) electrons. The van der Waals surface area contributed by atoms with Crippen LogP contribution in [-0.2, 0) is 15.8 Å². The SMILES string of the molecule is O=C1C[C@H](Nc2cccc(C(F)(F)F)c2)C(=O)N1c1ccccc1Cl. The predicted molar refractivity (Wildman–Crippen MR) is 87.4 cm³/mol. The molecule has 4 nitrogen and oxygen atoms in total. The van der Waals surface area contributed by atoms with Crippen molar-refractivity contribution in [3.63, 3.8) is 0 Å². The predicted octanol–water partition coefficient (Wildman–Crippen LogP) is 4.10. The molecule has 1 saturated heterocycles. The number of benzene rings is 2. The zero-order chi connectivity index (χ0) is 18.2. The number of amides is 2. The van der Waals surface area contributed by atoms with Crippen molar-refractivity contribution < 1.29 is 22.8 Å². The van der Waals surface area contributed by atoms with Crippen LogP contribution in [0, 0.1) is 0 Å². The minimum Gasteiger partial charge on any atom is -0.373 e. The molecular formula is C17H12ClF3N2O2. The lowest BCUT2D eigenvalue weighted by Gasteiger charge is -2.17. The lowest BCUT2D eigenvalue weighted by atomic mass is 10.1. The molecule has 1 aliphatic heterocycles. The van der Waals surface area contributed by atoms with Gasteiger partial charge in [-0.1, -0.05) is 29.8 Å². The largest absolute Gasteiger partial charge is 0.416 e. The van der Waals surface area contributed by atoms with Crippen LogP contribution in [0.1, 0.15) is 12.0 Å². The molecule has 1 aliphatic rings. The summed E-state index contributed by atoms with van der Waals surface area (Å²) in [6, 6.07) is 9.90. The van der Waals surface area contributed by atoms with Crippen LogP contribution in [0.25, 0.3) is 0 Å². The minimum atomic E-state index is -4.49. The van der Waals surface area contributed by atoms with E-state index in [0.29, 0.717) is 0 Å². The number of rotatable bonds is 3. The molecule has 1 atom stereocenters. The lowest BCUT2D eigenvalue weighted by molar-refractivity contribution is -0.137. The second kappa shape index (κ2) is 6.40. The Balaban J connectivity index is 1.83. The Morgan fingerprint density at radius 2 is 1.80 bits per heavy atom. The molecule has 2 aromatic carbocycles. The Kier molecular flexibility index (Phi) is 4.43. The minimum absolute atomic E-state index is 0.113. The number of halogens is 4. The molecule has 0 unspecified atom stereocenters. The summed E-state index contributed by atoms with van der Waals surface area (Å²) in [7, 11) is 0. The summed E-state index contributed by atoms with van der Waals surface area (Å²) >= 11 is 6.02. The first kappa shape index (κ1) is 17.3. The first-order chi connectivity index (χ1) is 11.8. The second-order valence-corrected chi connectivity index (χ2v) is 5.91. The average Bonchev–Trinajstić information content (AvgIpc) is 2.82. The monoisotopic (exact) mass is 368 g/mol. The summed E-state index contributed by atoms with van der Waals surface area (Å²) in [5.41, 5.74) is -0.466. The van der Waals surface area contributed by atoms with Crippen molar-refractivity contribution in [1.29, 1.82) is 0 Å². The van der Waals surface area contributed by atoms with E-state index >= 15 is 0 Å². The van der Waals surface area contributed by atoms with E-state index in [1.807, 2.05) is 0 Å². The number of carbonyl (C=O) groups is 2. The van der Waals surface area contributed by atoms with Crippen LogP contribution in [0.2, 0.25) is 5.02 Å². The number of para-hydroxylation sites is 1. The first-order valence-corrected chi connectivity index (χ1v) is 7.70. The number of hydrogen-bond donors (Lipinski definition) is 1. The molecule has 25 heavy (non-hydrogen) atoms. The highest BCUT2D eigenvalue weighted by Crippen LogP contribution is 2.33. The van der Waals surface area contributed by atoms with Gasteiger partial charge in [0.1, 0.15) is 6.04 Å². The highest BCUT2D eigenvalue weighted by atomic mass is 35.5. The summed E-state index contributed by atoms with van der Waals surface area (Å²) in [4.78, 5) is 25.7. The van der Waals surface area contributed by atoms with Gasteiger partial charge < -0.3 is 5.32 Å². The van der Waals surface area contributed by atoms with Crippen molar-refractivity contribution >= 4 is 34.8 Å². The highest BCUT2D eigenvalue weighted by Gasteiger charge is 2.40. The number of imide groups is 1. The zero-order valence-corrected chi connectivity index (χ0v) is 13.4. The Bertz CT molecular complexity index is 839. The summed E-state index contributed by atoms with van der Waals surface area (Å²) in [6.45, 7) is 0. The van der Waals surface area contributed by atoms with Crippen LogP contribution in [0.4, 0.5) is 24.5 Å². The molecule has 0 saturated carbocycles. The second-order valence-electron chi connectivity index (χ2n) is 5.50. The van der Waals surface area contributed by atoms with E-state index in [0.717, 1.165) is 17.0 Å². The van der Waals surface area contributed by atoms with Gasteiger partial charge in [-0.3, -0.25) is 9.59 Å². The first-order valence-electron chi connectivity index (χ1n) is 7.32. The fraction of sp³-hybridized carbons (Fsp3) is 0.176. The van der Waals surface area contributed by atoms with Gasteiger partial charge in [-0.25, -0.2) is 4.90 Å². The van der Waals surface area contributed by atoms with Gasteiger partial charge in [0.2, 0.25) is 5.91 Å². The molecule has 130 valence electrons. The number of nitrogens with zero attached hydrogens (tertiary/aromatic N) is 1. The van der Waals surface area contributed by atoms with Crippen molar-refractivity contribution in [1.82, 2.24) is 0 Å². The van der Waals surface area contributed by atoms with E-state index in [2.05, 4.69) is 5.32 Å². The molecular weight excluding hydrogens is 357 g/mol. The van der Waals surface area contributed by atoms with Crippen molar-refractivity contribution in [2.24, 2.45) is 0 Å². The summed E-state index contributed by atoms with van der Waals surface area (Å²) in [5.74, 6) is -1.03. The Morgan fingerprint density at radius 3 is 2.48 bits per heavy atom. The van der Waals surface area contributed by atoms with Crippen molar-refractivity contribution in [3.8, 4) is 0 Å². The quantitative estimate of drug-likeness (QED) is 0.830. The lowest BCUT2D eigenvalue weighted by Crippen LogP contribution is -2.35. The van der Waals surface area contributed by atoms with Crippen molar-refractivity contribution in [2.75, 3.05) is 10.2 Å². The van der Waals surface area contributed by atoms with Crippen LogP contribution >= 0.6 is 11.6 Å². The molecule has 0 bridgehead atoms. The Morgan fingerprint density at radius 1 is 1.08 bits per heavy atom. The summed E-state index contributed by atoms with van der Waals surface area (Å²) < 4.78 is 38.3. The number of hydrogen-bond acceptors (Lipinski definition) is 3. The van der Waals surface area contributed by atoms with Gasteiger partial charge >= 0.3 is 6.18 Å². The summed E-state index contributed by atoms with van der Waals surface area (Å²) in [5, 5.41) is 2.94. The normalized spacial score (nSPS) is 17.9. The topological polar surface area (TPSA) is 49.4 Å². The summed E-state index contributed by atoms with van der Waals surface area (Å²) in [6.07, 6.45) is -4.66. The van der Waals surface area contributed by atoms with E-state index in [9.17, 15) is 22.8 Å². The molecule has 1 N–H and O–H groups in total. The van der Waals surface area contributed by atoms with Gasteiger partial charge in [0.05, 0.1) is 22.7 Å². The number of alkyl halides is 3. The third-order valence-corrected chi connectivity index (χ3v) is 4.09. The van der Waals surface area contributed by atoms with E-state index < -0.39 is 29.6 Å². The van der Waals surface area contributed by atoms with Gasteiger partial charge in [0.25, 0.3) is 5.91 Å². The maximum Gasteiger partial charge on any atom is 0.416 e. The zero-order valence-electron chi connectivity index (χ0n) is 12.7. The molecule has 2 aromatic rings. The molecule has 0 aliphatic carbocycles. The molecule has 2 amide bonds. The van der Waals surface area contributed by atoms with E-state index in [4.69, 9.17) is 11.6 Å². The number of anilines is 2. The van der Waals surface area contributed by atoms with Gasteiger partial charge in [-0.15, -0.1) is 0 Å². The van der Waals surface area contributed by atoms with Gasteiger partial charge in [-0.05, 0) is 30.3 Å². The fourth-order valence-electron chi connectivity index (χ4n) is 2.62. The molecule has 8 heteroatoms. The Labute approximate surface area is 146 Å². The van der Waals surface area contributed by atoms with E-state index in [1.165, 1.54) is 18.2 Å². The van der Waals surface area contributed by atoms with Gasteiger partial charge in [0.15, 0.2) is 0 Å². The molecule has 0 spiro atoms. The molecule has 1 fully saturated rings. The van der Waals surface area contributed by atoms with Crippen molar-refractivity contribution in [2.45, 2.75) is 18.6 Å². The van der Waals surface area contributed by atoms with Crippen molar-refractivity contribution in [3.05, 3.63) is 59.1 Å². The van der Waals surface area contributed by atoms with Crippen LogP contribution in [0.5, 0.6) is 0 Å². The van der Waals surface area contributed by atoms with E-state index in [1.54, 1.807) is 18.2 Å². The standard InChI is InChI=1S/C17H12ClF3N2O2/c18-12-6-1-2-7-14(12)23-15(24)9-13(16(23)25)22-11-5-3-4-10(8-11)17(19,20)21/h1-8,13,22H,9H2/t13-/m0/s1. The Hall–Kier alpha value is -2.54. The van der Waals surface area contributed by atoms with Crippen LogP contribution in [0.15, 0.2) is 48.5 Å². The third kappa shape index (κ3) is 3.46. The molecule has 0 aromatic heterocycles. The van der Waals surface area contributed by atoms with Crippen LogP contribution in [-0.4, -0.2) is 17.9 Å². The van der Waals surface area contributed by atoms with Gasteiger partial charge in [-0.2, -0.15) is 13.2 Å². The maximum atomic E-state index is 12.8. The van der Waals surface area contributed by atoms with Crippen LogP contribution < -0.4 is 10.2 Å². The third-order valence-electron chi connectivity index (χ3n) is 3.77. The van der Waals surface area contributed by atoms with Gasteiger partial charge in [0, 0.05) is 5.69 Å². The number of nitrogens with one attached hydrogen (secondary N) is 1.